The number of carboxylic acid groups (broad SMARTS) is 6. The van der Waals surface area contributed by atoms with Gasteiger partial charge >= 0.3 is 35.8 Å². The first kappa shape index (κ1) is 42.8. The van der Waals surface area contributed by atoms with E-state index in [1.165, 1.54) is 6.42 Å². The first-order valence-corrected chi connectivity index (χ1v) is 15.2. The van der Waals surface area contributed by atoms with Crippen molar-refractivity contribution in [2.24, 2.45) is 5.73 Å². The molecule has 1 unspecified atom stereocenters. The molecule has 18 heteroatoms. The van der Waals surface area contributed by atoms with Crippen LogP contribution in [0.3, 0.4) is 0 Å². The van der Waals surface area contributed by atoms with Crippen molar-refractivity contribution in [3.63, 3.8) is 0 Å². The number of fused-ring (bicyclic) bond motifs is 1. The number of carboxylic acids is 6. The Morgan fingerprint density at radius 1 is 0.784 bits per heavy atom. The number of nitrogens with zero attached hydrogens (tertiary/aromatic N) is 3. The maximum Gasteiger partial charge on any atom is 0.328 e. The van der Waals surface area contributed by atoms with Gasteiger partial charge in [0.15, 0.2) is 0 Å². The number of aliphatic carboxylic acids is 6. The van der Waals surface area contributed by atoms with E-state index in [9.17, 15) is 28.8 Å². The molecule has 3 heterocycles. The van der Waals surface area contributed by atoms with E-state index in [0.717, 1.165) is 67.5 Å². The van der Waals surface area contributed by atoms with E-state index in [2.05, 4.69) is 33.0 Å². The fourth-order valence-electron chi connectivity index (χ4n) is 4.39. The number of rotatable bonds is 12. The highest BCUT2D eigenvalue weighted by Gasteiger charge is 2.20. The maximum absolute atomic E-state index is 9.55. The van der Waals surface area contributed by atoms with E-state index in [1.54, 1.807) is 0 Å². The summed E-state index contributed by atoms with van der Waals surface area (Å²) in [5.74, 6) is -4.72. The number of imidazole rings is 1. The molecule has 0 bridgehead atoms. The number of nitrogens with one attached hydrogen (secondary N) is 1. The average Bonchev–Trinajstić information content (AvgIpc) is 3.55. The number of hydrogen-bond donors (Lipinski definition) is 8. The molecule has 18 nitrogen and oxygen atoms in total. The number of carbonyl (C=O) groups is 6. The van der Waals surface area contributed by atoms with Crippen molar-refractivity contribution < 1.29 is 63.8 Å². The second kappa shape index (κ2) is 23.1. The lowest BCUT2D eigenvalue weighted by Crippen LogP contribution is -2.31. The van der Waals surface area contributed by atoms with Crippen LogP contribution in [-0.2, 0) is 35.3 Å². The number of para-hydroxylation sites is 2. The summed E-state index contributed by atoms with van der Waals surface area (Å²) < 4.78 is 8.05. The molecular formula is C33H41N5O13. The topological polar surface area (TPSA) is 296 Å². The predicted octanol–water partition coefficient (Wildman–Crippen LogP) is 2.35. The standard InChI is InChI=1S/C21H29N5O.3C4H4O4/c1-16-8-9-18(27-16)15-26-20-7-3-2-6-19(20)24-21(26)23-17-5-4-12-25(13-10-17)14-11-22;3*5-3(6)1-2-4(7)8/h2-3,6-9,17H,4-5,10-15,22H2,1H3,(H,23,24);3*1-2H,(H,5,6)(H,7,8). The molecule has 0 radical (unpaired) electrons. The van der Waals surface area contributed by atoms with Gasteiger partial charge in [-0.05, 0) is 57.0 Å². The molecule has 0 spiro atoms. The lowest BCUT2D eigenvalue weighted by Gasteiger charge is -2.20. The van der Waals surface area contributed by atoms with E-state index in [1.807, 2.05) is 25.1 Å². The summed E-state index contributed by atoms with van der Waals surface area (Å²) in [5.41, 5.74) is 7.87. The molecule has 3 aromatic rings. The number of nitrogens with two attached hydrogens (primary N) is 1. The zero-order valence-corrected chi connectivity index (χ0v) is 27.6. The van der Waals surface area contributed by atoms with Gasteiger partial charge in [0.2, 0.25) is 5.95 Å². The van der Waals surface area contributed by atoms with Crippen molar-refractivity contribution in [2.75, 3.05) is 31.5 Å². The van der Waals surface area contributed by atoms with Crippen LogP contribution in [0.15, 0.2) is 77.3 Å². The highest BCUT2D eigenvalue weighted by Crippen LogP contribution is 2.24. The number of aromatic nitrogens is 2. The van der Waals surface area contributed by atoms with Gasteiger partial charge in [-0.2, -0.15) is 0 Å². The third-order valence-electron chi connectivity index (χ3n) is 6.47. The zero-order valence-electron chi connectivity index (χ0n) is 27.6. The minimum Gasteiger partial charge on any atom is -0.478 e. The van der Waals surface area contributed by atoms with Gasteiger partial charge < -0.3 is 55.6 Å². The number of likely N-dealkylation sites (tertiary alicyclic amines) is 1. The molecule has 0 amide bonds. The molecule has 1 aliphatic heterocycles. The van der Waals surface area contributed by atoms with E-state index in [4.69, 9.17) is 45.8 Å². The van der Waals surface area contributed by atoms with Gasteiger partial charge in [0.25, 0.3) is 0 Å². The molecule has 2 aromatic heterocycles. The van der Waals surface area contributed by atoms with Gasteiger partial charge in [-0.15, -0.1) is 0 Å². The first-order chi connectivity index (χ1) is 24.1. The Balaban J connectivity index is 0.000000443. The van der Waals surface area contributed by atoms with Crippen molar-refractivity contribution >= 4 is 52.8 Å². The summed E-state index contributed by atoms with van der Waals surface area (Å²) in [4.78, 5) is 64.7. The zero-order chi connectivity index (χ0) is 38.3. The van der Waals surface area contributed by atoms with E-state index < -0.39 is 35.8 Å². The SMILES string of the molecule is Cc1ccc(Cn2c(NC3CCCN(CCN)CC3)nc3ccccc32)o1.O=C(O)C=CC(=O)O.O=C(O)C=CC(=O)O.O=C(O)C=CC(=O)O. The first-order valence-electron chi connectivity index (χ1n) is 15.2. The quantitative estimate of drug-likeness (QED) is 0.125. The summed E-state index contributed by atoms with van der Waals surface area (Å²) in [7, 11) is 0. The van der Waals surface area contributed by atoms with E-state index >= 15 is 0 Å². The number of benzene rings is 1. The average molecular weight is 716 g/mol. The van der Waals surface area contributed by atoms with Gasteiger partial charge in [-0.1, -0.05) is 12.1 Å². The molecule has 1 fully saturated rings. The van der Waals surface area contributed by atoms with E-state index in [0.29, 0.717) is 49.0 Å². The number of aryl methyl sites for hydroxylation is 1. The second-order valence-corrected chi connectivity index (χ2v) is 10.5. The molecule has 1 saturated heterocycles. The highest BCUT2D eigenvalue weighted by atomic mass is 16.4. The third-order valence-corrected chi connectivity index (χ3v) is 6.47. The molecule has 1 aromatic carbocycles. The summed E-state index contributed by atoms with van der Waals surface area (Å²) >= 11 is 0. The van der Waals surface area contributed by atoms with Crippen LogP contribution in [0.5, 0.6) is 0 Å². The Kier molecular flexibility index (Phi) is 19.4. The van der Waals surface area contributed by atoms with Gasteiger partial charge in [0, 0.05) is 62.1 Å². The largest absolute Gasteiger partial charge is 0.478 e. The molecule has 0 aliphatic carbocycles. The van der Waals surface area contributed by atoms with Crippen molar-refractivity contribution in [3.8, 4) is 0 Å². The number of furan rings is 1. The van der Waals surface area contributed by atoms with Crippen molar-refractivity contribution in [1.82, 2.24) is 14.5 Å². The van der Waals surface area contributed by atoms with Crippen LogP contribution < -0.4 is 11.1 Å². The minimum atomic E-state index is -1.26. The summed E-state index contributed by atoms with van der Waals surface area (Å²) in [5, 5.41) is 50.6. The normalized spacial score (nSPS) is 14.4. The van der Waals surface area contributed by atoms with Crippen LogP contribution in [0.2, 0.25) is 0 Å². The monoisotopic (exact) mass is 715 g/mol. The molecule has 1 atom stereocenters. The number of anilines is 1. The summed E-state index contributed by atoms with van der Waals surface area (Å²) in [6.45, 7) is 6.61. The minimum absolute atomic E-state index is 0.432. The van der Waals surface area contributed by atoms with Crippen LogP contribution in [0.4, 0.5) is 5.95 Å². The summed E-state index contributed by atoms with van der Waals surface area (Å²) in [6.07, 6.45) is 6.81. The lowest BCUT2D eigenvalue weighted by molar-refractivity contribution is -0.134. The maximum atomic E-state index is 9.55. The Morgan fingerprint density at radius 3 is 1.75 bits per heavy atom. The van der Waals surface area contributed by atoms with Gasteiger partial charge in [0.05, 0.1) is 17.6 Å². The van der Waals surface area contributed by atoms with Crippen molar-refractivity contribution in [3.05, 3.63) is 84.4 Å². The van der Waals surface area contributed by atoms with Crippen LogP contribution >= 0.6 is 0 Å². The van der Waals surface area contributed by atoms with Gasteiger partial charge in [0.1, 0.15) is 11.5 Å². The Bertz CT molecular complexity index is 1580. The predicted molar refractivity (Wildman–Crippen MR) is 182 cm³/mol. The molecule has 9 N–H and O–H groups in total. The fourth-order valence-corrected chi connectivity index (χ4v) is 4.39. The van der Waals surface area contributed by atoms with E-state index in [-0.39, 0.29) is 0 Å². The molecule has 276 valence electrons. The van der Waals surface area contributed by atoms with Crippen LogP contribution in [-0.4, -0.2) is 113 Å². The smallest absolute Gasteiger partial charge is 0.328 e. The molecule has 0 saturated carbocycles. The highest BCUT2D eigenvalue weighted by molar-refractivity contribution is 5.90. The third kappa shape index (κ3) is 19.4. The Morgan fingerprint density at radius 2 is 1.29 bits per heavy atom. The summed E-state index contributed by atoms with van der Waals surface area (Å²) in [6, 6.07) is 12.8. The fraction of sp³-hybridized carbons (Fsp3) is 0.303. The molecule has 4 rings (SSSR count). The molecule has 51 heavy (non-hydrogen) atoms. The second-order valence-electron chi connectivity index (χ2n) is 10.5. The lowest BCUT2D eigenvalue weighted by atomic mass is 10.1. The van der Waals surface area contributed by atoms with Gasteiger partial charge in [-0.3, -0.25) is 0 Å². The Labute approximate surface area is 291 Å². The molecule has 1 aliphatic rings. The van der Waals surface area contributed by atoms with Crippen LogP contribution in [0.1, 0.15) is 30.8 Å². The van der Waals surface area contributed by atoms with Gasteiger partial charge in [-0.25, -0.2) is 33.8 Å². The Hall–Kier alpha value is -6.27. The molecular weight excluding hydrogens is 674 g/mol. The van der Waals surface area contributed by atoms with Crippen LogP contribution in [0.25, 0.3) is 11.0 Å². The van der Waals surface area contributed by atoms with Crippen molar-refractivity contribution in [1.29, 1.82) is 0 Å². The van der Waals surface area contributed by atoms with Crippen molar-refractivity contribution in [2.45, 2.75) is 38.8 Å². The van der Waals surface area contributed by atoms with Crippen LogP contribution in [0, 0.1) is 6.92 Å². The number of hydrogen-bond acceptors (Lipinski definition) is 11.